The van der Waals surface area contributed by atoms with Gasteiger partial charge in [-0.2, -0.15) is 0 Å². The topological polar surface area (TPSA) is 26.3 Å². The number of hydrogen-bond acceptors (Lipinski definition) is 2. The second-order valence-corrected chi connectivity index (χ2v) is 3.58. The maximum absolute atomic E-state index is 13.5. The van der Waals surface area contributed by atoms with Crippen LogP contribution in [0.3, 0.4) is 0 Å². The van der Waals surface area contributed by atoms with E-state index < -0.39 is 5.97 Å². The minimum atomic E-state index is -0.458. The van der Waals surface area contributed by atoms with Crippen LogP contribution >= 0.6 is 0 Å². The zero-order chi connectivity index (χ0) is 11.4. The first-order valence-electron chi connectivity index (χ1n) is 5.03. The minimum absolute atomic E-state index is 0.0365. The summed E-state index contributed by atoms with van der Waals surface area (Å²) in [4.78, 5) is 11.5. The third-order valence-corrected chi connectivity index (χ3v) is 2.13. The molecule has 0 amide bonds. The summed E-state index contributed by atoms with van der Waals surface area (Å²) in [6.07, 6.45) is 0. The molecule has 0 atom stereocenters. The molecule has 1 aromatic carbocycles. The SMILES string of the molecule is CCOC(=O)c1cccc(F)c1C(C)C. The first-order chi connectivity index (χ1) is 7.07. The second kappa shape index (κ2) is 4.91. The van der Waals surface area contributed by atoms with Crippen molar-refractivity contribution >= 4 is 5.97 Å². The largest absolute Gasteiger partial charge is 0.462 e. The molecule has 0 saturated carbocycles. The molecule has 82 valence electrons. The molecular weight excluding hydrogens is 195 g/mol. The lowest BCUT2D eigenvalue weighted by atomic mass is 9.96. The van der Waals surface area contributed by atoms with Crippen LogP contribution in [0.1, 0.15) is 42.6 Å². The Morgan fingerprint density at radius 2 is 2.13 bits per heavy atom. The summed E-state index contributed by atoms with van der Waals surface area (Å²) in [7, 11) is 0. The molecule has 0 saturated heterocycles. The van der Waals surface area contributed by atoms with E-state index in [2.05, 4.69) is 0 Å². The average Bonchev–Trinajstić information content (AvgIpc) is 2.17. The van der Waals surface area contributed by atoms with Crippen molar-refractivity contribution in [1.82, 2.24) is 0 Å². The van der Waals surface area contributed by atoms with Crippen molar-refractivity contribution in [2.75, 3.05) is 6.61 Å². The molecule has 0 N–H and O–H groups in total. The molecule has 0 aliphatic heterocycles. The number of carbonyl (C=O) groups is 1. The predicted molar refractivity (Wildman–Crippen MR) is 56.4 cm³/mol. The van der Waals surface area contributed by atoms with Crippen LogP contribution in [0, 0.1) is 5.82 Å². The van der Waals surface area contributed by atoms with Crippen LogP contribution in [0.5, 0.6) is 0 Å². The Morgan fingerprint density at radius 1 is 1.47 bits per heavy atom. The highest BCUT2D eigenvalue weighted by molar-refractivity contribution is 5.91. The highest BCUT2D eigenvalue weighted by atomic mass is 19.1. The van der Waals surface area contributed by atoms with Crippen molar-refractivity contribution in [2.45, 2.75) is 26.7 Å². The molecule has 0 radical (unpaired) electrons. The van der Waals surface area contributed by atoms with Crippen LogP contribution in [0.4, 0.5) is 4.39 Å². The Kier molecular flexibility index (Phi) is 3.83. The molecule has 1 aromatic rings. The van der Waals surface area contributed by atoms with Gasteiger partial charge in [-0.1, -0.05) is 19.9 Å². The molecule has 0 aliphatic carbocycles. The van der Waals surface area contributed by atoms with Gasteiger partial charge in [0.2, 0.25) is 0 Å². The molecule has 0 bridgehead atoms. The molecule has 0 fully saturated rings. The molecule has 0 aliphatic rings. The molecule has 0 heterocycles. The molecule has 0 unspecified atom stereocenters. The number of carbonyl (C=O) groups excluding carboxylic acids is 1. The Bertz CT molecular complexity index is 359. The maximum atomic E-state index is 13.5. The van der Waals surface area contributed by atoms with Crippen LogP contribution < -0.4 is 0 Å². The van der Waals surface area contributed by atoms with Gasteiger partial charge in [-0.15, -0.1) is 0 Å². The van der Waals surface area contributed by atoms with Crippen molar-refractivity contribution < 1.29 is 13.9 Å². The Labute approximate surface area is 89.1 Å². The van der Waals surface area contributed by atoms with Gasteiger partial charge < -0.3 is 4.74 Å². The van der Waals surface area contributed by atoms with Gasteiger partial charge in [-0.3, -0.25) is 0 Å². The van der Waals surface area contributed by atoms with Crippen LogP contribution in [0.2, 0.25) is 0 Å². The number of esters is 1. The van der Waals surface area contributed by atoms with E-state index >= 15 is 0 Å². The fourth-order valence-electron chi connectivity index (χ4n) is 1.51. The molecule has 0 aromatic heterocycles. The van der Waals surface area contributed by atoms with Gasteiger partial charge in [0, 0.05) is 5.56 Å². The van der Waals surface area contributed by atoms with Gasteiger partial charge in [-0.25, -0.2) is 9.18 Å². The van der Waals surface area contributed by atoms with Crippen LogP contribution in [-0.4, -0.2) is 12.6 Å². The number of halogens is 1. The van der Waals surface area contributed by atoms with E-state index in [-0.39, 0.29) is 11.7 Å². The maximum Gasteiger partial charge on any atom is 0.338 e. The van der Waals surface area contributed by atoms with E-state index in [9.17, 15) is 9.18 Å². The first kappa shape index (κ1) is 11.7. The lowest BCUT2D eigenvalue weighted by molar-refractivity contribution is 0.0524. The Morgan fingerprint density at radius 3 is 2.67 bits per heavy atom. The van der Waals surface area contributed by atoms with E-state index in [4.69, 9.17) is 4.74 Å². The fourth-order valence-corrected chi connectivity index (χ4v) is 1.51. The van der Waals surface area contributed by atoms with Gasteiger partial charge in [-0.05, 0) is 25.0 Å². The molecule has 15 heavy (non-hydrogen) atoms. The van der Waals surface area contributed by atoms with Crippen molar-refractivity contribution in [2.24, 2.45) is 0 Å². The van der Waals surface area contributed by atoms with Crippen molar-refractivity contribution in [3.05, 3.63) is 35.1 Å². The highest BCUT2D eigenvalue weighted by Crippen LogP contribution is 2.23. The Hall–Kier alpha value is -1.38. The van der Waals surface area contributed by atoms with E-state index in [1.807, 2.05) is 13.8 Å². The average molecular weight is 210 g/mol. The van der Waals surface area contributed by atoms with Gasteiger partial charge >= 0.3 is 5.97 Å². The third kappa shape index (κ3) is 2.55. The summed E-state index contributed by atoms with van der Waals surface area (Å²) < 4.78 is 18.4. The van der Waals surface area contributed by atoms with Gasteiger partial charge in [0.1, 0.15) is 5.82 Å². The van der Waals surface area contributed by atoms with Crippen molar-refractivity contribution in [3.8, 4) is 0 Å². The van der Waals surface area contributed by atoms with Gasteiger partial charge in [0.25, 0.3) is 0 Å². The predicted octanol–water partition coefficient (Wildman–Crippen LogP) is 3.13. The van der Waals surface area contributed by atoms with E-state index in [0.29, 0.717) is 17.7 Å². The standard InChI is InChI=1S/C12H15FO2/c1-4-15-12(14)9-6-5-7-10(13)11(9)8(2)3/h5-8H,4H2,1-3H3. The molecule has 2 nitrogen and oxygen atoms in total. The van der Waals surface area contributed by atoms with Crippen molar-refractivity contribution in [3.63, 3.8) is 0 Å². The van der Waals surface area contributed by atoms with E-state index in [1.165, 1.54) is 12.1 Å². The minimum Gasteiger partial charge on any atom is -0.462 e. The summed E-state index contributed by atoms with van der Waals surface area (Å²) in [5.74, 6) is -0.846. The quantitative estimate of drug-likeness (QED) is 0.716. The Balaban J connectivity index is 3.17. The van der Waals surface area contributed by atoms with E-state index in [1.54, 1.807) is 13.0 Å². The zero-order valence-electron chi connectivity index (χ0n) is 9.21. The molecule has 0 spiro atoms. The lowest BCUT2D eigenvalue weighted by Crippen LogP contribution is -2.10. The fraction of sp³-hybridized carbons (Fsp3) is 0.417. The summed E-state index contributed by atoms with van der Waals surface area (Å²) in [5.41, 5.74) is 0.753. The monoisotopic (exact) mass is 210 g/mol. The zero-order valence-corrected chi connectivity index (χ0v) is 9.21. The normalized spacial score (nSPS) is 10.5. The van der Waals surface area contributed by atoms with E-state index in [0.717, 1.165) is 0 Å². The molecule has 1 rings (SSSR count). The number of hydrogen-bond donors (Lipinski definition) is 0. The van der Waals surface area contributed by atoms with Gasteiger partial charge in [0.15, 0.2) is 0 Å². The first-order valence-corrected chi connectivity index (χ1v) is 5.03. The van der Waals surface area contributed by atoms with Crippen LogP contribution in [-0.2, 0) is 4.74 Å². The van der Waals surface area contributed by atoms with Crippen molar-refractivity contribution in [1.29, 1.82) is 0 Å². The smallest absolute Gasteiger partial charge is 0.338 e. The summed E-state index contributed by atoms with van der Waals surface area (Å²) in [6, 6.07) is 4.47. The van der Waals surface area contributed by atoms with Gasteiger partial charge in [0.05, 0.1) is 12.2 Å². The third-order valence-electron chi connectivity index (χ3n) is 2.13. The summed E-state index contributed by atoms with van der Waals surface area (Å²) in [6.45, 7) is 5.72. The van der Waals surface area contributed by atoms with Crippen LogP contribution in [0.25, 0.3) is 0 Å². The molecular formula is C12H15FO2. The highest BCUT2D eigenvalue weighted by Gasteiger charge is 2.18. The number of benzene rings is 1. The molecule has 3 heteroatoms. The lowest BCUT2D eigenvalue weighted by Gasteiger charge is -2.12. The summed E-state index contributed by atoms with van der Waals surface area (Å²) in [5, 5.41) is 0. The number of rotatable bonds is 3. The summed E-state index contributed by atoms with van der Waals surface area (Å²) >= 11 is 0. The second-order valence-electron chi connectivity index (χ2n) is 3.58. The number of ether oxygens (including phenoxy) is 1. The van der Waals surface area contributed by atoms with Crippen LogP contribution in [0.15, 0.2) is 18.2 Å².